The summed E-state index contributed by atoms with van der Waals surface area (Å²) in [6.07, 6.45) is 0.658. The number of rotatable bonds is 8. The molecule has 1 aromatic heterocycles. The molecule has 2 atom stereocenters. The van der Waals surface area contributed by atoms with Gasteiger partial charge in [-0.3, -0.25) is 9.69 Å². The number of carbonyl (C=O) groups is 1. The molecule has 8 nitrogen and oxygen atoms in total. The van der Waals surface area contributed by atoms with Crippen LogP contribution in [0.4, 0.5) is 5.69 Å². The second kappa shape index (κ2) is 11.2. The summed E-state index contributed by atoms with van der Waals surface area (Å²) in [4.78, 5) is 24.2. The van der Waals surface area contributed by atoms with Crippen LogP contribution < -0.4 is 15.8 Å². The number of halogens is 1. The molecule has 1 fully saturated rings. The highest BCUT2D eigenvalue weighted by molar-refractivity contribution is 7.99. The molecule has 2 aromatic rings. The van der Waals surface area contributed by atoms with Crippen LogP contribution in [-0.2, 0) is 4.74 Å². The Bertz CT molecular complexity index is 941. The van der Waals surface area contributed by atoms with Crippen LogP contribution in [0.5, 0.6) is 5.75 Å². The smallest absolute Gasteiger partial charge is 0.255 e. The van der Waals surface area contributed by atoms with E-state index >= 15 is 0 Å². The summed E-state index contributed by atoms with van der Waals surface area (Å²) in [5, 5.41) is 4.21. The number of likely N-dealkylation sites (tertiary alicyclic amines) is 1. The first-order valence-corrected chi connectivity index (χ1v) is 11.8. The van der Waals surface area contributed by atoms with Crippen molar-refractivity contribution in [1.82, 2.24) is 20.2 Å². The highest BCUT2D eigenvalue weighted by Crippen LogP contribution is 2.29. The van der Waals surface area contributed by atoms with Crippen LogP contribution in [0.25, 0.3) is 0 Å². The molecule has 0 radical (unpaired) electrons. The zero-order chi connectivity index (χ0) is 23.3. The van der Waals surface area contributed by atoms with E-state index in [0.717, 1.165) is 48.4 Å². The molecule has 1 aliphatic heterocycles. The maximum atomic E-state index is 12.9. The third kappa shape index (κ3) is 6.25. The average molecular weight is 480 g/mol. The van der Waals surface area contributed by atoms with Gasteiger partial charge in [0.15, 0.2) is 5.16 Å². The molecule has 1 aromatic carbocycles. The number of thioether (sulfide) groups is 1. The van der Waals surface area contributed by atoms with Crippen molar-refractivity contribution in [2.45, 2.75) is 37.6 Å². The van der Waals surface area contributed by atoms with E-state index in [9.17, 15) is 4.79 Å². The van der Waals surface area contributed by atoms with Gasteiger partial charge in [-0.25, -0.2) is 9.97 Å². The minimum Gasteiger partial charge on any atom is -0.496 e. The summed E-state index contributed by atoms with van der Waals surface area (Å²) >= 11 is 7.77. The summed E-state index contributed by atoms with van der Waals surface area (Å²) in [6, 6.07) is 4.96. The van der Waals surface area contributed by atoms with Crippen LogP contribution >= 0.6 is 23.4 Å². The molecule has 3 N–H and O–H groups in total. The minimum atomic E-state index is -0.258. The first-order valence-electron chi connectivity index (χ1n) is 10.4. The SMILES string of the molecule is COc1cc(N)c(Cl)cc1C(=O)N[C@H]1CCN(CCSc2nc(C)cc(C)n2)C[C@H]1OC. The Morgan fingerprint density at radius 1 is 1.28 bits per heavy atom. The van der Waals surface area contributed by atoms with Crippen LogP contribution in [-0.4, -0.2) is 72.5 Å². The monoisotopic (exact) mass is 479 g/mol. The third-order valence-electron chi connectivity index (χ3n) is 5.43. The fraction of sp³-hybridized carbons (Fsp3) is 0.500. The van der Waals surface area contributed by atoms with E-state index < -0.39 is 0 Å². The molecule has 0 unspecified atom stereocenters. The van der Waals surface area contributed by atoms with Gasteiger partial charge in [-0.15, -0.1) is 0 Å². The number of nitrogens with two attached hydrogens (primary N) is 1. The quantitative estimate of drug-likeness (QED) is 0.338. The molecule has 0 aliphatic carbocycles. The normalized spacial score (nSPS) is 19.0. The molecule has 1 saturated heterocycles. The van der Waals surface area contributed by atoms with Gasteiger partial charge in [-0.05, 0) is 32.4 Å². The number of amides is 1. The van der Waals surface area contributed by atoms with E-state index in [1.54, 1.807) is 24.9 Å². The molecule has 10 heteroatoms. The van der Waals surface area contributed by atoms with Crippen molar-refractivity contribution in [2.24, 2.45) is 0 Å². The van der Waals surface area contributed by atoms with E-state index in [-0.39, 0.29) is 18.1 Å². The number of anilines is 1. The van der Waals surface area contributed by atoms with E-state index in [0.29, 0.717) is 22.0 Å². The van der Waals surface area contributed by atoms with Crippen molar-refractivity contribution in [3.8, 4) is 5.75 Å². The highest BCUT2D eigenvalue weighted by atomic mass is 35.5. The lowest BCUT2D eigenvalue weighted by atomic mass is 10.0. The molecule has 3 rings (SSSR count). The van der Waals surface area contributed by atoms with Gasteiger partial charge in [0.1, 0.15) is 5.75 Å². The average Bonchev–Trinajstić information content (AvgIpc) is 2.75. The summed E-state index contributed by atoms with van der Waals surface area (Å²) in [5.74, 6) is 1.02. The number of nitrogen functional groups attached to an aromatic ring is 1. The Kier molecular flexibility index (Phi) is 8.58. The number of nitrogens with one attached hydrogen (secondary N) is 1. The lowest BCUT2D eigenvalue weighted by molar-refractivity contribution is 0.00833. The van der Waals surface area contributed by atoms with Gasteiger partial charge in [0.2, 0.25) is 0 Å². The summed E-state index contributed by atoms with van der Waals surface area (Å²) in [7, 11) is 3.17. The van der Waals surface area contributed by atoms with Crippen LogP contribution in [0.1, 0.15) is 28.2 Å². The number of benzene rings is 1. The van der Waals surface area contributed by atoms with Crippen molar-refractivity contribution in [1.29, 1.82) is 0 Å². The fourth-order valence-electron chi connectivity index (χ4n) is 3.77. The number of nitrogens with zero attached hydrogens (tertiary/aromatic N) is 3. The number of hydrogen-bond donors (Lipinski definition) is 2. The van der Waals surface area contributed by atoms with Crippen LogP contribution in [0.2, 0.25) is 5.02 Å². The van der Waals surface area contributed by atoms with Gasteiger partial charge in [0, 0.05) is 50.0 Å². The van der Waals surface area contributed by atoms with Crippen molar-refractivity contribution < 1.29 is 14.3 Å². The Labute approximate surface area is 198 Å². The number of hydrogen-bond acceptors (Lipinski definition) is 8. The standard InChI is InChI=1S/C22H30ClN5O3S/c1-13-9-14(2)26-22(25-13)32-8-7-28-6-5-18(20(12-28)31-4)27-21(29)15-10-16(23)17(24)11-19(15)30-3/h9-11,18,20H,5-8,12,24H2,1-4H3,(H,27,29)/t18-,20+/m0/s1. The molecule has 1 aliphatic rings. The van der Waals surface area contributed by atoms with Gasteiger partial charge in [-0.2, -0.15) is 0 Å². The van der Waals surface area contributed by atoms with Gasteiger partial charge in [-0.1, -0.05) is 23.4 Å². The highest BCUT2D eigenvalue weighted by Gasteiger charge is 2.31. The lowest BCUT2D eigenvalue weighted by Crippen LogP contribution is -2.55. The van der Waals surface area contributed by atoms with Crippen molar-refractivity contribution >= 4 is 35.0 Å². The van der Waals surface area contributed by atoms with Crippen molar-refractivity contribution in [2.75, 3.05) is 45.3 Å². The molecule has 1 amide bonds. The fourth-order valence-corrected chi connectivity index (χ4v) is 4.89. The topological polar surface area (TPSA) is 103 Å². The molecule has 32 heavy (non-hydrogen) atoms. The first-order chi connectivity index (χ1) is 15.3. The summed E-state index contributed by atoms with van der Waals surface area (Å²) in [5.41, 5.74) is 8.51. The van der Waals surface area contributed by atoms with Gasteiger partial charge in [0.05, 0.1) is 35.5 Å². The number of carbonyl (C=O) groups excluding carboxylic acids is 1. The maximum absolute atomic E-state index is 12.9. The zero-order valence-electron chi connectivity index (χ0n) is 18.9. The van der Waals surface area contributed by atoms with E-state index in [4.69, 9.17) is 26.8 Å². The Hall–Kier alpha value is -2.07. The van der Waals surface area contributed by atoms with E-state index in [2.05, 4.69) is 20.2 Å². The second-order valence-electron chi connectivity index (χ2n) is 7.80. The predicted octanol–water partition coefficient (Wildman–Crippen LogP) is 2.95. The van der Waals surface area contributed by atoms with Crippen LogP contribution in [0, 0.1) is 13.8 Å². The number of aromatic nitrogens is 2. The molecular formula is C22H30ClN5O3S. The largest absolute Gasteiger partial charge is 0.496 e. The maximum Gasteiger partial charge on any atom is 0.255 e. The van der Waals surface area contributed by atoms with Gasteiger partial charge in [0.25, 0.3) is 5.91 Å². The van der Waals surface area contributed by atoms with Gasteiger partial charge >= 0.3 is 0 Å². The van der Waals surface area contributed by atoms with Crippen LogP contribution in [0.15, 0.2) is 23.4 Å². The zero-order valence-corrected chi connectivity index (χ0v) is 20.4. The number of methoxy groups -OCH3 is 2. The predicted molar refractivity (Wildman–Crippen MR) is 128 cm³/mol. The molecule has 2 heterocycles. The number of aryl methyl sites for hydroxylation is 2. The lowest BCUT2D eigenvalue weighted by Gasteiger charge is -2.38. The molecule has 0 bridgehead atoms. The van der Waals surface area contributed by atoms with Crippen LogP contribution in [0.3, 0.4) is 0 Å². The second-order valence-corrected chi connectivity index (χ2v) is 9.27. The Morgan fingerprint density at radius 2 is 2.00 bits per heavy atom. The first kappa shape index (κ1) is 24.6. The van der Waals surface area contributed by atoms with E-state index in [1.165, 1.54) is 13.2 Å². The molecular weight excluding hydrogens is 450 g/mol. The van der Waals surface area contributed by atoms with Crippen molar-refractivity contribution in [3.05, 3.63) is 40.2 Å². The Morgan fingerprint density at radius 3 is 2.66 bits per heavy atom. The summed E-state index contributed by atoms with van der Waals surface area (Å²) < 4.78 is 11.0. The number of piperidine rings is 1. The molecule has 0 spiro atoms. The molecule has 174 valence electrons. The Balaban J connectivity index is 1.55. The van der Waals surface area contributed by atoms with Crippen molar-refractivity contribution in [3.63, 3.8) is 0 Å². The minimum absolute atomic E-state index is 0.111. The van der Waals surface area contributed by atoms with E-state index in [1.807, 2.05) is 19.9 Å². The van der Waals surface area contributed by atoms with Gasteiger partial charge < -0.3 is 20.5 Å². The summed E-state index contributed by atoms with van der Waals surface area (Å²) in [6.45, 7) is 6.45. The third-order valence-corrected chi connectivity index (χ3v) is 6.58. The molecule has 0 saturated carbocycles. The number of ether oxygens (including phenoxy) is 2.